The number of amides is 1. The van der Waals surface area contributed by atoms with Crippen LogP contribution in [0.5, 0.6) is 5.75 Å². The lowest BCUT2D eigenvalue weighted by molar-refractivity contribution is -0.890. The SMILES string of the molecule is C[N+](C)(CCCCCCCCN1CCOCC1)CCc1cccc(OC(N)=O)c1. The number of nitrogens with zero attached hydrogens (tertiary/aromatic N) is 2. The standard InChI is InChI=1S/C23H39N3O3/c1-26(2,17-12-21-10-9-11-22(20-21)29-23(24)27)16-8-6-4-3-5-7-13-25-14-18-28-19-15-25/h9-11,20H,3-8,12-19H2,1-2H3,(H-,24,27)/p+1. The van der Waals surface area contributed by atoms with E-state index in [2.05, 4.69) is 25.1 Å². The van der Waals surface area contributed by atoms with Crippen LogP contribution in [-0.4, -0.2) is 75.5 Å². The van der Waals surface area contributed by atoms with E-state index in [4.69, 9.17) is 15.2 Å². The van der Waals surface area contributed by atoms with E-state index in [-0.39, 0.29) is 0 Å². The topological polar surface area (TPSA) is 64.8 Å². The number of quaternary nitrogens is 1. The molecule has 0 spiro atoms. The first-order valence-corrected chi connectivity index (χ1v) is 11.1. The first-order valence-electron chi connectivity index (χ1n) is 11.1. The number of benzene rings is 1. The lowest BCUT2D eigenvalue weighted by Gasteiger charge is -2.30. The van der Waals surface area contributed by atoms with Crippen LogP contribution in [0.4, 0.5) is 4.79 Å². The molecule has 1 aromatic rings. The van der Waals surface area contributed by atoms with Crippen LogP contribution in [0, 0.1) is 0 Å². The van der Waals surface area contributed by atoms with Crippen LogP contribution in [0.1, 0.15) is 44.1 Å². The van der Waals surface area contributed by atoms with Crippen molar-refractivity contribution in [1.82, 2.24) is 4.90 Å². The molecule has 1 aliphatic heterocycles. The predicted molar refractivity (Wildman–Crippen MR) is 117 cm³/mol. The number of likely N-dealkylation sites (N-methyl/N-ethyl adjacent to an activating group) is 1. The summed E-state index contributed by atoms with van der Waals surface area (Å²) in [5.74, 6) is 0.522. The summed E-state index contributed by atoms with van der Waals surface area (Å²) in [6.45, 7) is 7.52. The highest BCUT2D eigenvalue weighted by molar-refractivity contribution is 5.68. The third-order valence-corrected chi connectivity index (χ3v) is 5.71. The summed E-state index contributed by atoms with van der Waals surface area (Å²) in [5, 5.41) is 0. The van der Waals surface area contributed by atoms with Crippen molar-refractivity contribution >= 4 is 6.09 Å². The molecule has 2 N–H and O–H groups in total. The van der Waals surface area contributed by atoms with Gasteiger partial charge in [0, 0.05) is 19.5 Å². The zero-order valence-corrected chi connectivity index (χ0v) is 18.4. The third kappa shape index (κ3) is 10.6. The van der Waals surface area contributed by atoms with Gasteiger partial charge in [0.15, 0.2) is 0 Å². The Labute approximate surface area is 176 Å². The van der Waals surface area contributed by atoms with Crippen LogP contribution < -0.4 is 10.5 Å². The average molecular weight is 407 g/mol. The predicted octanol–water partition coefficient (Wildman–Crippen LogP) is 3.44. The Balaban J connectivity index is 1.52. The van der Waals surface area contributed by atoms with Gasteiger partial charge in [-0.15, -0.1) is 0 Å². The van der Waals surface area contributed by atoms with E-state index >= 15 is 0 Å². The number of primary amides is 1. The number of rotatable bonds is 13. The van der Waals surface area contributed by atoms with Crippen molar-refractivity contribution in [3.63, 3.8) is 0 Å². The molecule has 0 aromatic heterocycles. The molecule has 0 unspecified atom stereocenters. The molecule has 0 aliphatic carbocycles. The Morgan fingerprint density at radius 1 is 1.07 bits per heavy atom. The van der Waals surface area contributed by atoms with Crippen LogP contribution in [-0.2, 0) is 11.2 Å². The molecule has 6 heteroatoms. The van der Waals surface area contributed by atoms with Gasteiger partial charge in [-0.1, -0.05) is 31.4 Å². The molecular formula is C23H40N3O3+. The van der Waals surface area contributed by atoms with Crippen molar-refractivity contribution in [2.45, 2.75) is 44.9 Å². The molecule has 0 atom stereocenters. The maximum absolute atomic E-state index is 10.9. The summed E-state index contributed by atoms with van der Waals surface area (Å²) in [4.78, 5) is 13.4. The van der Waals surface area contributed by atoms with Gasteiger partial charge >= 0.3 is 6.09 Å². The first kappa shape index (κ1) is 23.6. The largest absolute Gasteiger partial charge is 0.410 e. The minimum atomic E-state index is -0.764. The molecule has 1 fully saturated rings. The highest BCUT2D eigenvalue weighted by atomic mass is 16.5. The summed E-state index contributed by atoms with van der Waals surface area (Å²) in [5.41, 5.74) is 6.26. The van der Waals surface area contributed by atoms with Crippen LogP contribution >= 0.6 is 0 Å². The van der Waals surface area contributed by atoms with E-state index in [1.807, 2.05) is 12.1 Å². The highest BCUT2D eigenvalue weighted by Crippen LogP contribution is 2.15. The molecule has 1 amide bonds. The fourth-order valence-corrected chi connectivity index (χ4v) is 3.83. The van der Waals surface area contributed by atoms with Crippen LogP contribution in [0.2, 0.25) is 0 Å². The van der Waals surface area contributed by atoms with Crippen molar-refractivity contribution in [1.29, 1.82) is 0 Å². The van der Waals surface area contributed by atoms with Crippen molar-refractivity contribution in [2.75, 3.05) is 60.0 Å². The van der Waals surface area contributed by atoms with E-state index in [0.717, 1.165) is 43.8 Å². The Hall–Kier alpha value is -1.63. The maximum Gasteiger partial charge on any atom is 0.409 e. The number of carbonyl (C=O) groups is 1. The van der Waals surface area contributed by atoms with Crippen molar-refractivity contribution in [3.8, 4) is 5.75 Å². The molecule has 164 valence electrons. The van der Waals surface area contributed by atoms with Crippen LogP contribution in [0.3, 0.4) is 0 Å². The number of hydrogen-bond acceptors (Lipinski definition) is 4. The average Bonchev–Trinajstić information content (AvgIpc) is 2.69. The molecule has 1 heterocycles. The fourth-order valence-electron chi connectivity index (χ4n) is 3.83. The third-order valence-electron chi connectivity index (χ3n) is 5.71. The Morgan fingerprint density at radius 3 is 2.48 bits per heavy atom. The number of unbranched alkanes of at least 4 members (excludes halogenated alkanes) is 5. The molecule has 0 radical (unpaired) electrons. The second-order valence-electron chi connectivity index (χ2n) is 8.78. The number of morpholine rings is 1. The first-order chi connectivity index (χ1) is 13.9. The minimum absolute atomic E-state index is 0.522. The van der Waals surface area contributed by atoms with Gasteiger partial charge in [-0.3, -0.25) is 4.90 Å². The van der Waals surface area contributed by atoms with Gasteiger partial charge in [0.05, 0.1) is 40.4 Å². The highest BCUT2D eigenvalue weighted by Gasteiger charge is 2.15. The minimum Gasteiger partial charge on any atom is -0.410 e. The van der Waals surface area contributed by atoms with E-state index < -0.39 is 6.09 Å². The molecule has 2 rings (SSSR count). The quantitative estimate of drug-likeness (QED) is 0.403. The number of ether oxygens (including phenoxy) is 2. The summed E-state index contributed by atoms with van der Waals surface area (Å²) >= 11 is 0. The Bertz CT molecular complexity index is 601. The Morgan fingerprint density at radius 2 is 1.76 bits per heavy atom. The van der Waals surface area contributed by atoms with Gasteiger partial charge in [0.25, 0.3) is 0 Å². The number of hydrogen-bond donors (Lipinski definition) is 1. The van der Waals surface area contributed by atoms with E-state index in [9.17, 15) is 4.79 Å². The lowest BCUT2D eigenvalue weighted by Crippen LogP contribution is -2.42. The molecule has 1 saturated heterocycles. The van der Waals surface area contributed by atoms with Gasteiger partial charge in [0.1, 0.15) is 5.75 Å². The summed E-state index contributed by atoms with van der Waals surface area (Å²) < 4.78 is 11.4. The van der Waals surface area contributed by atoms with Crippen molar-refractivity contribution in [2.24, 2.45) is 5.73 Å². The van der Waals surface area contributed by atoms with Gasteiger partial charge in [-0.25, -0.2) is 4.79 Å². The lowest BCUT2D eigenvalue weighted by atomic mass is 10.1. The van der Waals surface area contributed by atoms with Crippen molar-refractivity contribution < 1.29 is 18.8 Å². The monoisotopic (exact) mass is 406 g/mol. The van der Waals surface area contributed by atoms with E-state index in [1.165, 1.54) is 57.2 Å². The normalized spacial score (nSPS) is 15.4. The zero-order valence-electron chi connectivity index (χ0n) is 18.4. The second-order valence-corrected chi connectivity index (χ2v) is 8.78. The maximum atomic E-state index is 10.9. The summed E-state index contributed by atoms with van der Waals surface area (Å²) in [7, 11) is 4.60. The van der Waals surface area contributed by atoms with Gasteiger partial charge in [0.2, 0.25) is 0 Å². The smallest absolute Gasteiger partial charge is 0.409 e. The van der Waals surface area contributed by atoms with Gasteiger partial charge in [-0.2, -0.15) is 0 Å². The molecule has 0 saturated carbocycles. The molecule has 1 aromatic carbocycles. The molecule has 0 bridgehead atoms. The molecule has 29 heavy (non-hydrogen) atoms. The number of nitrogens with two attached hydrogens (primary N) is 1. The van der Waals surface area contributed by atoms with Crippen LogP contribution in [0.15, 0.2) is 24.3 Å². The van der Waals surface area contributed by atoms with Crippen molar-refractivity contribution in [3.05, 3.63) is 29.8 Å². The molecule has 1 aliphatic rings. The second kappa shape index (κ2) is 12.8. The van der Waals surface area contributed by atoms with E-state index in [1.54, 1.807) is 6.07 Å². The fraction of sp³-hybridized carbons (Fsp3) is 0.696. The van der Waals surface area contributed by atoms with Gasteiger partial charge < -0.3 is 19.7 Å². The van der Waals surface area contributed by atoms with Crippen LogP contribution in [0.25, 0.3) is 0 Å². The zero-order chi connectivity index (χ0) is 21.0. The summed E-state index contributed by atoms with van der Waals surface area (Å²) in [6, 6.07) is 7.65. The van der Waals surface area contributed by atoms with E-state index in [0.29, 0.717) is 5.75 Å². The molecular weight excluding hydrogens is 366 g/mol. The van der Waals surface area contributed by atoms with Gasteiger partial charge in [-0.05, 0) is 43.5 Å². The number of carbonyl (C=O) groups excluding carboxylic acids is 1. The summed E-state index contributed by atoms with van der Waals surface area (Å²) in [6.07, 6.45) is 8.16. The Kier molecular flexibility index (Phi) is 10.5. The molecule has 6 nitrogen and oxygen atoms in total.